The molecule has 1 aliphatic carbocycles. The number of rotatable bonds is 6. The monoisotopic (exact) mass is 318 g/mol. The molecule has 0 fully saturated rings. The summed E-state index contributed by atoms with van der Waals surface area (Å²) in [4.78, 5) is 11.0. The minimum atomic E-state index is -1.84. The normalized spacial score (nSPS) is 17.0. The molecule has 0 amide bonds. The summed E-state index contributed by atoms with van der Waals surface area (Å²) < 4.78 is 6.44. The van der Waals surface area contributed by atoms with Gasteiger partial charge in [-0.25, -0.2) is 0 Å². The van der Waals surface area contributed by atoms with Crippen molar-refractivity contribution in [3.8, 4) is 11.8 Å². The lowest BCUT2D eigenvalue weighted by molar-refractivity contribution is -0.105. The molecular weight excluding hydrogens is 288 g/mol. The Labute approximate surface area is 137 Å². The van der Waals surface area contributed by atoms with Crippen molar-refractivity contribution in [1.29, 1.82) is 0 Å². The largest absolute Gasteiger partial charge is 0.403 e. The summed E-state index contributed by atoms with van der Waals surface area (Å²) in [6, 6.07) is 0. The van der Waals surface area contributed by atoms with Gasteiger partial charge in [0.05, 0.1) is 0 Å². The van der Waals surface area contributed by atoms with Crippen molar-refractivity contribution in [3.63, 3.8) is 0 Å². The third kappa shape index (κ3) is 5.26. The molecule has 0 aromatic carbocycles. The van der Waals surface area contributed by atoms with E-state index in [1.165, 1.54) is 0 Å². The Morgan fingerprint density at radius 3 is 2.59 bits per heavy atom. The van der Waals surface area contributed by atoms with Gasteiger partial charge in [-0.3, -0.25) is 4.79 Å². The van der Waals surface area contributed by atoms with Gasteiger partial charge in [-0.15, -0.1) is 6.58 Å². The highest BCUT2D eigenvalue weighted by Crippen LogP contribution is 2.37. The van der Waals surface area contributed by atoms with Crippen LogP contribution in [0.15, 0.2) is 23.8 Å². The van der Waals surface area contributed by atoms with Crippen LogP contribution in [-0.2, 0) is 9.22 Å². The SMILES string of the molecule is C=CCCC(C#CC1=C(C=O)CCC1)O[Si](C)(C)C(C)(C)C. The van der Waals surface area contributed by atoms with E-state index in [-0.39, 0.29) is 11.1 Å². The van der Waals surface area contributed by atoms with Crippen molar-refractivity contribution in [2.24, 2.45) is 0 Å². The maximum atomic E-state index is 11.0. The van der Waals surface area contributed by atoms with Gasteiger partial charge in [0, 0.05) is 11.1 Å². The van der Waals surface area contributed by atoms with Gasteiger partial charge in [-0.05, 0) is 50.2 Å². The van der Waals surface area contributed by atoms with Crippen LogP contribution in [-0.4, -0.2) is 20.7 Å². The van der Waals surface area contributed by atoms with Gasteiger partial charge in [-0.1, -0.05) is 38.7 Å². The maximum Gasteiger partial charge on any atom is 0.193 e. The molecule has 1 aliphatic rings. The Hall–Kier alpha value is -1.11. The van der Waals surface area contributed by atoms with Gasteiger partial charge in [-0.2, -0.15) is 0 Å². The zero-order chi connectivity index (χ0) is 16.8. The van der Waals surface area contributed by atoms with Gasteiger partial charge < -0.3 is 4.43 Å². The van der Waals surface area contributed by atoms with Crippen molar-refractivity contribution in [2.45, 2.75) is 77.1 Å². The molecule has 3 heteroatoms. The van der Waals surface area contributed by atoms with Crippen molar-refractivity contribution in [2.75, 3.05) is 0 Å². The van der Waals surface area contributed by atoms with Gasteiger partial charge in [0.15, 0.2) is 8.32 Å². The van der Waals surface area contributed by atoms with E-state index in [9.17, 15) is 4.79 Å². The number of hydrogen-bond acceptors (Lipinski definition) is 2. The molecule has 1 unspecified atom stereocenters. The molecule has 0 spiro atoms. The summed E-state index contributed by atoms with van der Waals surface area (Å²) in [6.07, 6.45) is 7.40. The first kappa shape index (κ1) is 18.9. The molecule has 0 N–H and O–H groups in total. The quantitative estimate of drug-likeness (QED) is 0.297. The van der Waals surface area contributed by atoms with Crippen LogP contribution < -0.4 is 0 Å². The summed E-state index contributed by atoms with van der Waals surface area (Å²) in [6.45, 7) is 15.0. The Kier molecular flexibility index (Phi) is 6.84. The predicted molar refractivity (Wildman–Crippen MR) is 96.2 cm³/mol. The molecule has 0 radical (unpaired) electrons. The third-order valence-corrected chi connectivity index (χ3v) is 9.15. The fraction of sp³-hybridized carbons (Fsp3) is 0.632. The van der Waals surface area contributed by atoms with Gasteiger partial charge in [0.1, 0.15) is 12.4 Å². The summed E-state index contributed by atoms with van der Waals surface area (Å²) in [5.74, 6) is 6.51. The zero-order valence-electron chi connectivity index (χ0n) is 14.8. The first-order valence-corrected chi connectivity index (χ1v) is 11.1. The first-order chi connectivity index (χ1) is 10.2. The molecule has 0 saturated carbocycles. The fourth-order valence-electron chi connectivity index (χ4n) is 2.17. The van der Waals surface area contributed by atoms with E-state index < -0.39 is 8.32 Å². The lowest BCUT2D eigenvalue weighted by atomic mass is 10.1. The van der Waals surface area contributed by atoms with Crippen LogP contribution in [0.25, 0.3) is 0 Å². The lowest BCUT2D eigenvalue weighted by Gasteiger charge is -2.38. The summed E-state index contributed by atoms with van der Waals surface area (Å²) in [5.41, 5.74) is 1.89. The average Bonchev–Trinajstić information content (AvgIpc) is 2.87. The number of hydrogen-bond donors (Lipinski definition) is 0. The molecule has 0 aromatic rings. The second-order valence-electron chi connectivity index (χ2n) is 7.48. The molecular formula is C19H30O2Si. The third-order valence-electron chi connectivity index (χ3n) is 4.66. The maximum absolute atomic E-state index is 11.0. The summed E-state index contributed by atoms with van der Waals surface area (Å²) in [5, 5.41) is 0.168. The van der Waals surface area contributed by atoms with E-state index in [0.29, 0.717) is 0 Å². The number of aldehydes is 1. The van der Waals surface area contributed by atoms with Crippen LogP contribution in [0.3, 0.4) is 0 Å². The van der Waals surface area contributed by atoms with Crippen LogP contribution in [0.1, 0.15) is 52.9 Å². The van der Waals surface area contributed by atoms with E-state index in [0.717, 1.165) is 49.5 Å². The molecule has 1 atom stereocenters. The second-order valence-corrected chi connectivity index (χ2v) is 12.2. The number of carbonyl (C=O) groups excluding carboxylic acids is 1. The van der Waals surface area contributed by atoms with Gasteiger partial charge >= 0.3 is 0 Å². The highest BCUT2D eigenvalue weighted by molar-refractivity contribution is 6.74. The average molecular weight is 319 g/mol. The van der Waals surface area contributed by atoms with Gasteiger partial charge in [0.25, 0.3) is 0 Å². The highest BCUT2D eigenvalue weighted by Gasteiger charge is 2.38. The fourth-order valence-corrected chi connectivity index (χ4v) is 3.41. The van der Waals surface area contributed by atoms with E-state index in [4.69, 9.17) is 4.43 Å². The first-order valence-electron chi connectivity index (χ1n) is 8.18. The van der Waals surface area contributed by atoms with Crippen molar-refractivity contribution >= 4 is 14.6 Å². The van der Waals surface area contributed by atoms with E-state index >= 15 is 0 Å². The molecule has 22 heavy (non-hydrogen) atoms. The molecule has 0 heterocycles. The standard InChI is InChI=1S/C19H30O2Si/c1-7-8-12-18(21-22(5,6)19(2,3)4)14-13-16-10-9-11-17(16)15-20/h7,15,18H,1,8-12H2,2-6H3. The van der Waals surface area contributed by atoms with Crippen LogP contribution in [0.4, 0.5) is 0 Å². The molecule has 0 saturated heterocycles. The number of carbonyl (C=O) groups is 1. The predicted octanol–water partition coefficient (Wildman–Crippen LogP) is 5.03. The Bertz CT molecular complexity index is 498. The summed E-state index contributed by atoms with van der Waals surface area (Å²) >= 11 is 0. The topological polar surface area (TPSA) is 26.3 Å². The minimum absolute atomic E-state index is 0.0695. The summed E-state index contributed by atoms with van der Waals surface area (Å²) in [7, 11) is -1.84. The van der Waals surface area contributed by atoms with Crippen LogP contribution >= 0.6 is 0 Å². The Morgan fingerprint density at radius 2 is 2.05 bits per heavy atom. The van der Waals surface area contributed by atoms with Crippen molar-refractivity contribution in [1.82, 2.24) is 0 Å². The van der Waals surface area contributed by atoms with E-state index in [1.54, 1.807) is 0 Å². The smallest absolute Gasteiger partial charge is 0.193 e. The molecule has 0 bridgehead atoms. The van der Waals surface area contributed by atoms with Crippen LogP contribution in [0.5, 0.6) is 0 Å². The Morgan fingerprint density at radius 1 is 1.36 bits per heavy atom. The van der Waals surface area contributed by atoms with Crippen LogP contribution in [0, 0.1) is 11.8 Å². The zero-order valence-corrected chi connectivity index (χ0v) is 15.8. The molecule has 0 aliphatic heterocycles. The lowest BCUT2D eigenvalue weighted by Crippen LogP contribution is -2.43. The minimum Gasteiger partial charge on any atom is -0.403 e. The van der Waals surface area contributed by atoms with Crippen molar-refractivity contribution in [3.05, 3.63) is 23.8 Å². The van der Waals surface area contributed by atoms with Gasteiger partial charge in [0.2, 0.25) is 0 Å². The Balaban J connectivity index is 2.91. The highest BCUT2D eigenvalue weighted by atomic mass is 28.4. The van der Waals surface area contributed by atoms with E-state index in [1.807, 2.05) is 6.08 Å². The second kappa shape index (κ2) is 7.94. The molecule has 2 nitrogen and oxygen atoms in total. The molecule has 1 rings (SSSR count). The number of allylic oxidation sites excluding steroid dienone is 3. The molecule has 0 aromatic heterocycles. The molecule has 122 valence electrons. The van der Waals surface area contributed by atoms with E-state index in [2.05, 4.69) is 52.3 Å². The van der Waals surface area contributed by atoms with Crippen LogP contribution in [0.2, 0.25) is 18.1 Å². The van der Waals surface area contributed by atoms with Crippen molar-refractivity contribution < 1.29 is 9.22 Å².